The Kier molecular flexibility index (Phi) is 7.23. The molecule has 0 saturated carbocycles. The summed E-state index contributed by atoms with van der Waals surface area (Å²) in [5.41, 5.74) is 7.63. The molecule has 1 N–H and O–H groups in total. The van der Waals surface area contributed by atoms with Gasteiger partial charge in [0.2, 0.25) is 0 Å². The number of nitrogens with one attached hydrogen (secondary N) is 1. The Bertz CT molecular complexity index is 1390. The molecule has 0 unspecified atom stereocenters. The van der Waals surface area contributed by atoms with E-state index in [4.69, 9.17) is 9.47 Å². The van der Waals surface area contributed by atoms with Crippen LogP contribution < -0.4 is 14.8 Å². The fraction of sp³-hybridized carbons (Fsp3) is 0.455. The first kappa shape index (κ1) is 27.9. The number of ketones is 2. The van der Waals surface area contributed by atoms with Crippen LogP contribution >= 0.6 is 22.6 Å². The molecule has 0 atom stereocenters. The number of carbonyl (C=O) groups is 2. The second-order valence-corrected chi connectivity index (χ2v) is 14.1. The van der Waals surface area contributed by atoms with Crippen LogP contribution in [0.4, 0.5) is 0 Å². The molecule has 1 heterocycles. The summed E-state index contributed by atoms with van der Waals surface area (Å²) in [4.78, 5) is 27.3. The normalized spacial score (nSPS) is 20.4. The summed E-state index contributed by atoms with van der Waals surface area (Å²) in [6.45, 7) is 13.2. The number of methoxy groups -OCH3 is 1. The molecule has 0 bridgehead atoms. The molecule has 6 heteroatoms. The Balaban J connectivity index is 1.58. The molecule has 5 rings (SSSR count). The molecule has 5 nitrogen and oxygen atoms in total. The molecule has 2 aliphatic carbocycles. The van der Waals surface area contributed by atoms with Gasteiger partial charge in [0.1, 0.15) is 6.61 Å². The third kappa shape index (κ3) is 5.41. The summed E-state index contributed by atoms with van der Waals surface area (Å²) < 4.78 is 13.0. The Morgan fingerprint density at radius 2 is 1.46 bits per heavy atom. The average Bonchev–Trinajstić information content (AvgIpc) is 2.82. The van der Waals surface area contributed by atoms with Gasteiger partial charge in [0.05, 0.1) is 10.7 Å². The highest BCUT2D eigenvalue weighted by Crippen LogP contribution is 2.52. The highest BCUT2D eigenvalue weighted by atomic mass is 127. The summed E-state index contributed by atoms with van der Waals surface area (Å²) in [5, 5.41) is 3.59. The number of aryl methyl sites for hydroxylation is 2. The van der Waals surface area contributed by atoms with Gasteiger partial charge in [0.25, 0.3) is 0 Å². The number of benzene rings is 2. The maximum absolute atomic E-state index is 13.7. The topological polar surface area (TPSA) is 64.6 Å². The second-order valence-electron chi connectivity index (χ2n) is 13.0. The number of halogens is 1. The zero-order chi connectivity index (χ0) is 28.3. The fourth-order valence-corrected chi connectivity index (χ4v) is 7.10. The predicted octanol–water partition coefficient (Wildman–Crippen LogP) is 7.47. The van der Waals surface area contributed by atoms with Crippen molar-refractivity contribution in [3.05, 3.63) is 78.7 Å². The first-order valence-corrected chi connectivity index (χ1v) is 14.7. The quantitative estimate of drug-likeness (QED) is 0.344. The van der Waals surface area contributed by atoms with Gasteiger partial charge in [-0.15, -0.1) is 0 Å². The van der Waals surface area contributed by atoms with Crippen molar-refractivity contribution in [2.75, 3.05) is 7.11 Å². The van der Waals surface area contributed by atoms with Gasteiger partial charge in [-0.1, -0.05) is 45.9 Å². The van der Waals surface area contributed by atoms with Crippen molar-refractivity contribution in [2.45, 2.75) is 79.8 Å². The molecular formula is C33H38INO4. The van der Waals surface area contributed by atoms with Crippen LogP contribution in [-0.2, 0) is 16.2 Å². The van der Waals surface area contributed by atoms with E-state index in [1.807, 2.05) is 6.07 Å². The van der Waals surface area contributed by atoms with Crippen molar-refractivity contribution in [2.24, 2.45) is 10.8 Å². The zero-order valence-electron chi connectivity index (χ0n) is 24.0. The van der Waals surface area contributed by atoms with E-state index in [2.05, 4.69) is 93.7 Å². The Morgan fingerprint density at radius 3 is 2.00 bits per heavy atom. The molecule has 206 valence electrons. The van der Waals surface area contributed by atoms with Crippen LogP contribution in [0.15, 0.2) is 52.9 Å². The maximum atomic E-state index is 13.7. The van der Waals surface area contributed by atoms with Crippen molar-refractivity contribution < 1.29 is 19.1 Å². The van der Waals surface area contributed by atoms with Crippen LogP contribution in [0, 0.1) is 28.2 Å². The molecule has 0 saturated heterocycles. The van der Waals surface area contributed by atoms with Crippen molar-refractivity contribution in [1.82, 2.24) is 5.32 Å². The number of dihydropyridines is 1. The van der Waals surface area contributed by atoms with Crippen molar-refractivity contribution in [1.29, 1.82) is 0 Å². The molecule has 2 aromatic rings. The van der Waals surface area contributed by atoms with Gasteiger partial charge in [-0.05, 0) is 94.5 Å². The SMILES string of the molecule is COc1cc(C2C3=C(CC(C)(C)CC3=O)NC3=C2C(=O)CC(C)(C)C3)cc(I)c1OCc1ccc(C)c(C)c1. The standard InChI is InChI=1S/C33H38INO4/c1-18-8-9-20(10-19(18)2)17-39-31-22(34)11-21(12-27(31)38-7)28-29-23(13-32(3,4)15-25(29)36)35-24-14-33(5,6)16-26(37)30(24)28/h8-12,28,35H,13-17H2,1-7H3. The minimum Gasteiger partial charge on any atom is -0.493 e. The molecule has 3 aliphatic rings. The molecule has 39 heavy (non-hydrogen) atoms. The lowest BCUT2D eigenvalue weighted by molar-refractivity contribution is -0.119. The number of hydrogen-bond acceptors (Lipinski definition) is 5. The highest BCUT2D eigenvalue weighted by Gasteiger charge is 2.46. The van der Waals surface area contributed by atoms with Gasteiger partial charge < -0.3 is 14.8 Å². The number of allylic oxidation sites excluding steroid dienone is 4. The van der Waals surface area contributed by atoms with E-state index in [0.29, 0.717) is 30.9 Å². The minimum absolute atomic E-state index is 0.118. The minimum atomic E-state index is -0.403. The Hall–Kier alpha value is -2.61. The third-order valence-electron chi connectivity index (χ3n) is 8.26. The second kappa shape index (κ2) is 10.1. The summed E-state index contributed by atoms with van der Waals surface area (Å²) in [6, 6.07) is 10.4. The molecule has 0 spiro atoms. The summed E-state index contributed by atoms with van der Waals surface area (Å²) >= 11 is 2.28. The van der Waals surface area contributed by atoms with Gasteiger partial charge in [-0.25, -0.2) is 0 Å². The monoisotopic (exact) mass is 639 g/mol. The van der Waals surface area contributed by atoms with E-state index in [-0.39, 0.29) is 22.4 Å². The van der Waals surface area contributed by atoms with Gasteiger partial charge in [-0.2, -0.15) is 0 Å². The summed E-state index contributed by atoms with van der Waals surface area (Å²) in [6.07, 6.45) is 2.50. The number of hydrogen-bond donors (Lipinski definition) is 1. The third-order valence-corrected chi connectivity index (χ3v) is 9.06. The van der Waals surface area contributed by atoms with Crippen LogP contribution in [0.2, 0.25) is 0 Å². The van der Waals surface area contributed by atoms with E-state index in [1.165, 1.54) is 11.1 Å². The van der Waals surface area contributed by atoms with Gasteiger partial charge in [0.15, 0.2) is 23.1 Å². The van der Waals surface area contributed by atoms with Gasteiger partial charge in [0, 0.05) is 41.3 Å². The Labute approximate surface area is 245 Å². The first-order chi connectivity index (χ1) is 18.3. The van der Waals surface area contributed by atoms with Crippen LogP contribution in [-0.4, -0.2) is 18.7 Å². The number of rotatable bonds is 5. The molecule has 0 fully saturated rings. The van der Waals surface area contributed by atoms with Gasteiger partial charge in [-0.3, -0.25) is 9.59 Å². The van der Waals surface area contributed by atoms with E-state index in [0.717, 1.165) is 50.1 Å². The average molecular weight is 640 g/mol. The van der Waals surface area contributed by atoms with E-state index >= 15 is 0 Å². The van der Waals surface area contributed by atoms with Crippen molar-refractivity contribution in [3.8, 4) is 11.5 Å². The Morgan fingerprint density at radius 1 is 0.872 bits per heavy atom. The molecule has 1 aliphatic heterocycles. The molecule has 2 aromatic carbocycles. The van der Waals surface area contributed by atoms with Crippen LogP contribution in [0.25, 0.3) is 0 Å². The summed E-state index contributed by atoms with van der Waals surface area (Å²) in [5.74, 6) is 1.11. The highest BCUT2D eigenvalue weighted by molar-refractivity contribution is 14.1. The van der Waals surface area contributed by atoms with Crippen LogP contribution in [0.1, 0.15) is 81.5 Å². The number of carbonyl (C=O) groups excluding carboxylic acids is 2. The first-order valence-electron chi connectivity index (χ1n) is 13.6. The lowest BCUT2D eigenvalue weighted by Gasteiger charge is -2.44. The summed E-state index contributed by atoms with van der Waals surface area (Å²) in [7, 11) is 1.64. The van der Waals surface area contributed by atoms with Gasteiger partial charge >= 0.3 is 0 Å². The zero-order valence-corrected chi connectivity index (χ0v) is 26.2. The van der Waals surface area contributed by atoms with E-state index in [9.17, 15) is 9.59 Å². The van der Waals surface area contributed by atoms with E-state index in [1.54, 1.807) is 7.11 Å². The lowest BCUT2D eigenvalue weighted by atomic mass is 9.64. The van der Waals surface area contributed by atoms with Crippen molar-refractivity contribution in [3.63, 3.8) is 0 Å². The van der Waals surface area contributed by atoms with Crippen LogP contribution in [0.5, 0.6) is 11.5 Å². The largest absolute Gasteiger partial charge is 0.493 e. The number of ether oxygens (including phenoxy) is 2. The molecule has 0 aromatic heterocycles. The van der Waals surface area contributed by atoms with E-state index < -0.39 is 5.92 Å². The fourth-order valence-electron chi connectivity index (χ4n) is 6.32. The van der Waals surface area contributed by atoms with Crippen molar-refractivity contribution >= 4 is 34.2 Å². The molecule has 0 radical (unpaired) electrons. The molecular weight excluding hydrogens is 601 g/mol. The molecule has 0 amide bonds. The smallest absolute Gasteiger partial charge is 0.174 e. The number of Topliss-reactive ketones (excluding diaryl/α,β-unsaturated/α-hetero) is 2. The predicted molar refractivity (Wildman–Crippen MR) is 162 cm³/mol. The maximum Gasteiger partial charge on any atom is 0.174 e. The van der Waals surface area contributed by atoms with Crippen LogP contribution in [0.3, 0.4) is 0 Å². The lowest BCUT2D eigenvalue weighted by Crippen LogP contribution is -2.42.